The summed E-state index contributed by atoms with van der Waals surface area (Å²) in [6.07, 6.45) is 6.96. The monoisotopic (exact) mass is 245 g/mol. The Bertz CT molecular complexity index is 327. The molecule has 1 N–H and O–H groups in total. The van der Waals surface area contributed by atoms with Crippen molar-refractivity contribution in [3.05, 3.63) is 35.9 Å². The van der Waals surface area contributed by atoms with Crippen LogP contribution < -0.4 is 5.32 Å². The fourth-order valence-electron chi connectivity index (χ4n) is 2.57. The van der Waals surface area contributed by atoms with E-state index in [0.717, 1.165) is 11.8 Å². The summed E-state index contributed by atoms with van der Waals surface area (Å²) < 4.78 is 0. The quantitative estimate of drug-likeness (QED) is 0.662. The average molecular weight is 245 g/mol. The summed E-state index contributed by atoms with van der Waals surface area (Å²) >= 11 is 0. The zero-order valence-electron chi connectivity index (χ0n) is 11.9. The molecule has 0 amide bonds. The van der Waals surface area contributed by atoms with Gasteiger partial charge in [-0.15, -0.1) is 0 Å². The topological polar surface area (TPSA) is 12.0 Å². The van der Waals surface area contributed by atoms with Gasteiger partial charge in [0.15, 0.2) is 0 Å². The lowest BCUT2D eigenvalue weighted by atomic mass is 9.97. The van der Waals surface area contributed by atoms with Crippen molar-refractivity contribution in [2.45, 2.75) is 52.0 Å². The number of rotatable bonds is 8. The molecule has 18 heavy (non-hydrogen) atoms. The van der Waals surface area contributed by atoms with Gasteiger partial charge in [-0.25, -0.2) is 0 Å². The Hall–Kier alpha value is -0.820. The van der Waals surface area contributed by atoms with E-state index in [4.69, 9.17) is 0 Å². The Labute approximate surface area is 112 Å². The number of hydrogen-bond acceptors (Lipinski definition) is 1. The Balaban J connectivity index is 1.80. The Morgan fingerprint density at radius 2 is 1.89 bits per heavy atom. The molecule has 1 aromatic rings. The van der Waals surface area contributed by atoms with Crippen LogP contribution in [0.4, 0.5) is 0 Å². The van der Waals surface area contributed by atoms with Crippen LogP contribution >= 0.6 is 0 Å². The highest BCUT2D eigenvalue weighted by Gasteiger charge is 2.20. The summed E-state index contributed by atoms with van der Waals surface area (Å²) in [6, 6.07) is 11.4. The maximum Gasteiger partial charge on any atom is 0.0322 e. The first kappa shape index (κ1) is 13.6. The molecular formula is C17H27N. The minimum absolute atomic E-state index is 0.533. The van der Waals surface area contributed by atoms with Crippen molar-refractivity contribution in [2.24, 2.45) is 11.8 Å². The lowest BCUT2D eigenvalue weighted by Gasteiger charge is -2.21. The minimum atomic E-state index is 0.533. The molecule has 1 aliphatic carbocycles. The Morgan fingerprint density at radius 3 is 2.50 bits per heavy atom. The van der Waals surface area contributed by atoms with Crippen LogP contribution in [-0.4, -0.2) is 6.54 Å². The molecule has 0 radical (unpaired) electrons. The van der Waals surface area contributed by atoms with Crippen LogP contribution in [0.3, 0.4) is 0 Å². The highest BCUT2D eigenvalue weighted by molar-refractivity contribution is 5.18. The van der Waals surface area contributed by atoms with E-state index in [0.29, 0.717) is 6.04 Å². The van der Waals surface area contributed by atoms with Crippen molar-refractivity contribution in [3.8, 4) is 0 Å². The number of nitrogens with one attached hydrogen (secondary N) is 1. The fraction of sp³-hybridized carbons (Fsp3) is 0.647. The molecule has 0 saturated heterocycles. The Kier molecular flexibility index (Phi) is 5.25. The van der Waals surface area contributed by atoms with Gasteiger partial charge in [0, 0.05) is 6.04 Å². The summed E-state index contributed by atoms with van der Waals surface area (Å²) in [5.74, 6) is 1.80. The number of hydrogen-bond donors (Lipinski definition) is 1. The summed E-state index contributed by atoms with van der Waals surface area (Å²) in [6.45, 7) is 5.78. The summed E-state index contributed by atoms with van der Waals surface area (Å²) in [5, 5.41) is 3.75. The third-order valence-electron chi connectivity index (χ3n) is 3.79. The van der Waals surface area contributed by atoms with Crippen LogP contribution in [0.25, 0.3) is 0 Å². The van der Waals surface area contributed by atoms with Gasteiger partial charge in [0.2, 0.25) is 0 Å². The molecule has 1 aliphatic rings. The van der Waals surface area contributed by atoms with Gasteiger partial charge in [-0.05, 0) is 43.2 Å². The van der Waals surface area contributed by atoms with Gasteiger partial charge >= 0.3 is 0 Å². The highest BCUT2D eigenvalue weighted by Crippen LogP contribution is 2.33. The molecule has 1 nitrogen and oxygen atoms in total. The zero-order valence-corrected chi connectivity index (χ0v) is 11.9. The lowest BCUT2D eigenvalue weighted by molar-refractivity contribution is 0.422. The van der Waals surface area contributed by atoms with Crippen molar-refractivity contribution in [3.63, 3.8) is 0 Å². The van der Waals surface area contributed by atoms with E-state index in [1.54, 1.807) is 0 Å². The molecule has 1 unspecified atom stereocenters. The van der Waals surface area contributed by atoms with E-state index >= 15 is 0 Å². The molecule has 0 spiro atoms. The third-order valence-corrected chi connectivity index (χ3v) is 3.79. The Morgan fingerprint density at radius 1 is 1.17 bits per heavy atom. The molecule has 0 heterocycles. The van der Waals surface area contributed by atoms with E-state index < -0.39 is 0 Å². The smallest absolute Gasteiger partial charge is 0.0322 e. The summed E-state index contributed by atoms with van der Waals surface area (Å²) in [7, 11) is 0. The SMILES string of the molecule is CC(C)CC(NCCCC1CC1)c1ccccc1. The van der Waals surface area contributed by atoms with E-state index in [1.807, 2.05) is 0 Å². The number of benzene rings is 1. The molecule has 0 aromatic heterocycles. The van der Waals surface area contributed by atoms with Crippen molar-refractivity contribution >= 4 is 0 Å². The zero-order chi connectivity index (χ0) is 12.8. The highest BCUT2D eigenvalue weighted by atomic mass is 14.9. The second-order valence-electron chi connectivity index (χ2n) is 6.13. The predicted molar refractivity (Wildman–Crippen MR) is 78.6 cm³/mol. The molecule has 1 atom stereocenters. The maximum atomic E-state index is 3.75. The van der Waals surface area contributed by atoms with Gasteiger partial charge in [0.1, 0.15) is 0 Å². The standard InChI is InChI=1S/C17H27N/c1-14(2)13-17(16-8-4-3-5-9-16)18-12-6-7-15-10-11-15/h3-5,8-9,14-15,17-18H,6-7,10-13H2,1-2H3. The van der Waals surface area contributed by atoms with Gasteiger partial charge in [0.25, 0.3) is 0 Å². The second-order valence-corrected chi connectivity index (χ2v) is 6.13. The molecule has 1 heteroatoms. The summed E-state index contributed by atoms with van der Waals surface area (Å²) in [5.41, 5.74) is 1.44. The molecular weight excluding hydrogens is 218 g/mol. The van der Waals surface area contributed by atoms with Crippen LogP contribution in [0.1, 0.15) is 57.6 Å². The summed E-state index contributed by atoms with van der Waals surface area (Å²) in [4.78, 5) is 0. The molecule has 0 bridgehead atoms. The first-order valence-corrected chi connectivity index (χ1v) is 7.54. The lowest BCUT2D eigenvalue weighted by Crippen LogP contribution is -2.24. The van der Waals surface area contributed by atoms with E-state index in [-0.39, 0.29) is 0 Å². The molecule has 1 fully saturated rings. The third kappa shape index (κ3) is 4.81. The largest absolute Gasteiger partial charge is 0.310 e. The first-order chi connectivity index (χ1) is 8.75. The maximum absolute atomic E-state index is 3.75. The van der Waals surface area contributed by atoms with Gasteiger partial charge in [-0.1, -0.05) is 57.0 Å². The molecule has 2 rings (SSSR count). The minimum Gasteiger partial charge on any atom is -0.310 e. The van der Waals surface area contributed by atoms with Crippen LogP contribution in [-0.2, 0) is 0 Å². The molecule has 100 valence electrons. The van der Waals surface area contributed by atoms with Crippen LogP contribution in [0.15, 0.2) is 30.3 Å². The van der Waals surface area contributed by atoms with Crippen molar-refractivity contribution < 1.29 is 0 Å². The van der Waals surface area contributed by atoms with Gasteiger partial charge in [-0.3, -0.25) is 0 Å². The predicted octanol–water partition coefficient (Wildman–Crippen LogP) is 4.55. The molecule has 1 aromatic carbocycles. The first-order valence-electron chi connectivity index (χ1n) is 7.54. The van der Waals surface area contributed by atoms with Crippen molar-refractivity contribution in [1.82, 2.24) is 5.32 Å². The van der Waals surface area contributed by atoms with E-state index in [2.05, 4.69) is 49.5 Å². The van der Waals surface area contributed by atoms with Crippen molar-refractivity contribution in [2.75, 3.05) is 6.54 Å². The van der Waals surface area contributed by atoms with E-state index in [9.17, 15) is 0 Å². The van der Waals surface area contributed by atoms with E-state index in [1.165, 1.54) is 44.2 Å². The fourth-order valence-corrected chi connectivity index (χ4v) is 2.57. The van der Waals surface area contributed by atoms with Gasteiger partial charge in [0.05, 0.1) is 0 Å². The van der Waals surface area contributed by atoms with Crippen molar-refractivity contribution in [1.29, 1.82) is 0 Å². The van der Waals surface area contributed by atoms with Gasteiger partial charge < -0.3 is 5.32 Å². The normalized spacial score (nSPS) is 17.1. The van der Waals surface area contributed by atoms with Gasteiger partial charge in [-0.2, -0.15) is 0 Å². The molecule has 0 aliphatic heterocycles. The van der Waals surface area contributed by atoms with Crippen LogP contribution in [0, 0.1) is 11.8 Å². The molecule has 1 saturated carbocycles. The average Bonchev–Trinajstić information content (AvgIpc) is 3.18. The second kappa shape index (κ2) is 6.94. The van der Waals surface area contributed by atoms with Crippen LogP contribution in [0.5, 0.6) is 0 Å². The van der Waals surface area contributed by atoms with Crippen LogP contribution in [0.2, 0.25) is 0 Å².